The topological polar surface area (TPSA) is 43.8 Å². The lowest BCUT2D eigenvalue weighted by Crippen LogP contribution is -2.26. The van der Waals surface area contributed by atoms with Crippen LogP contribution in [0.1, 0.15) is 43.7 Å². The Labute approximate surface area is 85.3 Å². The van der Waals surface area contributed by atoms with Crippen molar-refractivity contribution in [3.8, 4) is 0 Å². The molecule has 0 saturated heterocycles. The minimum Gasteiger partial charge on any atom is -0.329 e. The smallest absolute Gasteiger partial charge is 0.109 e. The summed E-state index contributed by atoms with van der Waals surface area (Å²) in [5.41, 5.74) is 7.15. The fourth-order valence-corrected chi connectivity index (χ4v) is 2.46. The van der Waals surface area contributed by atoms with E-state index < -0.39 is 0 Å². The van der Waals surface area contributed by atoms with Gasteiger partial charge in [0.15, 0.2) is 0 Å². The second-order valence-corrected chi connectivity index (χ2v) is 4.44. The van der Waals surface area contributed by atoms with Crippen LogP contribution in [0, 0.1) is 6.92 Å². The summed E-state index contributed by atoms with van der Waals surface area (Å²) in [5, 5.41) is 0. The van der Waals surface area contributed by atoms with Crippen molar-refractivity contribution in [2.45, 2.75) is 51.6 Å². The molecule has 0 aromatic carbocycles. The van der Waals surface area contributed by atoms with Gasteiger partial charge in [0.1, 0.15) is 5.82 Å². The predicted octanol–water partition coefficient (Wildman–Crippen LogP) is 1.81. The Balaban J connectivity index is 2.25. The molecule has 2 unspecified atom stereocenters. The van der Waals surface area contributed by atoms with E-state index in [9.17, 15) is 0 Å². The van der Waals surface area contributed by atoms with Crippen molar-refractivity contribution >= 4 is 0 Å². The van der Waals surface area contributed by atoms with Gasteiger partial charge in [-0.25, -0.2) is 4.98 Å². The molecular weight excluding hydrogens is 174 g/mol. The second kappa shape index (κ2) is 3.73. The molecule has 0 fully saturated rings. The summed E-state index contributed by atoms with van der Waals surface area (Å²) in [5.74, 6) is 1.25. The highest BCUT2D eigenvalue weighted by atomic mass is 15.1. The molecule has 1 aromatic heterocycles. The summed E-state index contributed by atoms with van der Waals surface area (Å²) >= 11 is 0. The second-order valence-electron chi connectivity index (χ2n) is 4.44. The largest absolute Gasteiger partial charge is 0.329 e. The maximum atomic E-state index is 5.87. The van der Waals surface area contributed by atoms with Gasteiger partial charge in [-0.2, -0.15) is 0 Å². The van der Waals surface area contributed by atoms with E-state index >= 15 is 0 Å². The van der Waals surface area contributed by atoms with Crippen molar-refractivity contribution in [1.82, 2.24) is 9.55 Å². The summed E-state index contributed by atoms with van der Waals surface area (Å²) in [6.07, 6.45) is 6.70. The van der Waals surface area contributed by atoms with Gasteiger partial charge in [0.05, 0.1) is 0 Å². The molecule has 1 aliphatic heterocycles. The van der Waals surface area contributed by atoms with Crippen LogP contribution < -0.4 is 5.73 Å². The third kappa shape index (κ3) is 1.69. The molecule has 2 rings (SSSR count). The lowest BCUT2D eigenvalue weighted by molar-refractivity contribution is 0.351. The zero-order valence-electron chi connectivity index (χ0n) is 9.03. The standard InChI is InChI=1S/C11H19N3/c1-8(12)6-10-4-3-5-11-13-7-9(2)14(10)11/h7-8,10H,3-6,12H2,1-2H3. The SMILES string of the molecule is Cc1cnc2n1C(CC(C)N)CCC2. The molecule has 2 N–H and O–H groups in total. The van der Waals surface area contributed by atoms with E-state index in [0.717, 1.165) is 12.8 Å². The normalized spacial score (nSPS) is 23.2. The summed E-state index contributed by atoms with van der Waals surface area (Å²) in [6, 6.07) is 0.869. The molecule has 3 heteroatoms. The van der Waals surface area contributed by atoms with Crippen molar-refractivity contribution in [3.63, 3.8) is 0 Å². The van der Waals surface area contributed by atoms with Gasteiger partial charge in [-0.1, -0.05) is 0 Å². The van der Waals surface area contributed by atoms with E-state index in [0.29, 0.717) is 6.04 Å². The summed E-state index contributed by atoms with van der Waals surface area (Å²) in [4.78, 5) is 4.44. The zero-order valence-corrected chi connectivity index (χ0v) is 9.03. The molecule has 0 bridgehead atoms. The lowest BCUT2D eigenvalue weighted by Gasteiger charge is -2.27. The fourth-order valence-electron chi connectivity index (χ4n) is 2.46. The lowest BCUT2D eigenvalue weighted by atomic mass is 9.98. The van der Waals surface area contributed by atoms with Gasteiger partial charge in [0, 0.05) is 30.4 Å². The molecule has 2 heterocycles. The Morgan fingerprint density at radius 1 is 1.71 bits per heavy atom. The molecule has 0 saturated carbocycles. The van der Waals surface area contributed by atoms with Crippen LogP contribution in [0.4, 0.5) is 0 Å². The highest BCUT2D eigenvalue weighted by Crippen LogP contribution is 2.28. The number of rotatable bonds is 2. The maximum absolute atomic E-state index is 5.87. The number of nitrogens with zero attached hydrogens (tertiary/aromatic N) is 2. The highest BCUT2D eigenvalue weighted by molar-refractivity contribution is 5.08. The van der Waals surface area contributed by atoms with Crippen LogP contribution in [0.25, 0.3) is 0 Å². The van der Waals surface area contributed by atoms with E-state index in [2.05, 4.69) is 23.4 Å². The van der Waals surface area contributed by atoms with E-state index in [1.54, 1.807) is 0 Å². The molecule has 3 nitrogen and oxygen atoms in total. The van der Waals surface area contributed by atoms with E-state index in [1.165, 1.54) is 24.4 Å². The first kappa shape index (κ1) is 9.71. The van der Waals surface area contributed by atoms with Gasteiger partial charge in [0.2, 0.25) is 0 Å². The third-order valence-corrected chi connectivity index (χ3v) is 3.01. The minimum absolute atomic E-state index is 0.285. The average molecular weight is 193 g/mol. The van der Waals surface area contributed by atoms with Gasteiger partial charge >= 0.3 is 0 Å². The van der Waals surface area contributed by atoms with Gasteiger partial charge < -0.3 is 10.3 Å². The average Bonchev–Trinajstić information content (AvgIpc) is 2.48. The highest BCUT2D eigenvalue weighted by Gasteiger charge is 2.22. The Kier molecular flexibility index (Phi) is 2.59. The quantitative estimate of drug-likeness (QED) is 0.778. The summed E-state index contributed by atoms with van der Waals surface area (Å²) in [7, 11) is 0. The number of fused-ring (bicyclic) bond motifs is 1. The summed E-state index contributed by atoms with van der Waals surface area (Å²) in [6.45, 7) is 4.22. The minimum atomic E-state index is 0.285. The molecule has 0 spiro atoms. The van der Waals surface area contributed by atoms with Crippen LogP contribution in [0.5, 0.6) is 0 Å². The van der Waals surface area contributed by atoms with Crippen molar-refractivity contribution in [2.24, 2.45) is 5.73 Å². The molecular formula is C11H19N3. The van der Waals surface area contributed by atoms with Crippen LogP contribution in [0.15, 0.2) is 6.20 Å². The van der Waals surface area contributed by atoms with Crippen LogP contribution in [0.3, 0.4) is 0 Å². The molecule has 1 aromatic rings. The van der Waals surface area contributed by atoms with Crippen LogP contribution in [-0.2, 0) is 6.42 Å². The van der Waals surface area contributed by atoms with E-state index in [-0.39, 0.29) is 6.04 Å². The number of hydrogen-bond acceptors (Lipinski definition) is 2. The molecule has 1 aliphatic rings. The molecule has 0 amide bonds. The molecule has 0 radical (unpaired) electrons. The van der Waals surface area contributed by atoms with Crippen molar-refractivity contribution in [2.75, 3.05) is 0 Å². The van der Waals surface area contributed by atoms with Crippen LogP contribution >= 0.6 is 0 Å². The van der Waals surface area contributed by atoms with Crippen LogP contribution in [-0.4, -0.2) is 15.6 Å². The Morgan fingerprint density at radius 2 is 2.50 bits per heavy atom. The van der Waals surface area contributed by atoms with Crippen molar-refractivity contribution in [3.05, 3.63) is 17.7 Å². The van der Waals surface area contributed by atoms with Gasteiger partial charge in [0.25, 0.3) is 0 Å². The number of aromatic nitrogens is 2. The van der Waals surface area contributed by atoms with Crippen molar-refractivity contribution < 1.29 is 0 Å². The Morgan fingerprint density at radius 3 is 3.21 bits per heavy atom. The number of imidazole rings is 1. The fraction of sp³-hybridized carbons (Fsp3) is 0.727. The van der Waals surface area contributed by atoms with Crippen molar-refractivity contribution in [1.29, 1.82) is 0 Å². The van der Waals surface area contributed by atoms with Crippen LogP contribution in [0.2, 0.25) is 0 Å². The number of aryl methyl sites for hydroxylation is 2. The van der Waals surface area contributed by atoms with Gasteiger partial charge in [-0.15, -0.1) is 0 Å². The maximum Gasteiger partial charge on any atom is 0.109 e. The molecule has 2 atom stereocenters. The third-order valence-electron chi connectivity index (χ3n) is 3.01. The van der Waals surface area contributed by atoms with Gasteiger partial charge in [-0.05, 0) is 33.1 Å². The predicted molar refractivity (Wildman–Crippen MR) is 57.2 cm³/mol. The first-order chi connectivity index (χ1) is 6.68. The summed E-state index contributed by atoms with van der Waals surface area (Å²) < 4.78 is 2.38. The molecule has 78 valence electrons. The monoisotopic (exact) mass is 193 g/mol. The molecule has 14 heavy (non-hydrogen) atoms. The Hall–Kier alpha value is -0.830. The zero-order chi connectivity index (χ0) is 10.1. The molecule has 0 aliphatic carbocycles. The first-order valence-electron chi connectivity index (χ1n) is 5.46. The first-order valence-corrected chi connectivity index (χ1v) is 5.46. The van der Waals surface area contributed by atoms with E-state index in [4.69, 9.17) is 5.73 Å². The number of nitrogens with two attached hydrogens (primary N) is 1. The van der Waals surface area contributed by atoms with E-state index in [1.807, 2.05) is 6.20 Å². The number of hydrogen-bond donors (Lipinski definition) is 1. The van der Waals surface area contributed by atoms with Gasteiger partial charge in [-0.3, -0.25) is 0 Å². The Bertz CT molecular complexity index is 314.